The second kappa shape index (κ2) is 5.41. The van der Waals surface area contributed by atoms with Crippen molar-refractivity contribution in [3.05, 3.63) is 0 Å². The Morgan fingerprint density at radius 2 is 1.84 bits per heavy atom. The van der Waals surface area contributed by atoms with Gasteiger partial charge >= 0.3 is 0 Å². The molecule has 3 nitrogen and oxygen atoms in total. The number of hydrogen-bond donors (Lipinski definition) is 1. The van der Waals surface area contributed by atoms with E-state index in [4.69, 9.17) is 0 Å². The first kappa shape index (κ1) is 18.2. The molecule has 0 aromatic heterocycles. The third kappa shape index (κ3) is 2.02. The minimum Gasteiger partial charge on any atom is -0.396 e. The maximum Gasteiger partial charge on any atom is 0.139 e. The summed E-state index contributed by atoms with van der Waals surface area (Å²) in [6, 6.07) is 0. The Balaban J connectivity index is 1.83. The summed E-state index contributed by atoms with van der Waals surface area (Å²) in [6.45, 7) is 6.91. The number of alkyl halides is 1. The van der Waals surface area contributed by atoms with Crippen LogP contribution in [0.1, 0.15) is 72.1 Å². The fourth-order valence-corrected chi connectivity index (χ4v) is 9.33. The highest BCUT2D eigenvalue weighted by Crippen LogP contribution is 2.73. The third-order valence-electron chi connectivity index (χ3n) is 9.28. The Morgan fingerprint density at radius 3 is 2.52 bits per heavy atom. The Hall–Kier alpha value is -0.220. The highest BCUT2D eigenvalue weighted by Gasteiger charge is 2.71. The van der Waals surface area contributed by atoms with Crippen molar-refractivity contribution in [3.63, 3.8) is 0 Å². The summed E-state index contributed by atoms with van der Waals surface area (Å²) < 4.78 is -0.274. The van der Waals surface area contributed by atoms with E-state index in [1.807, 2.05) is 0 Å². The summed E-state index contributed by atoms with van der Waals surface area (Å²) in [6.07, 6.45) is 6.79. The monoisotopic (exact) mass is 410 g/mol. The number of Topliss-reactive ketones (excluding diaryl/α,β-unsaturated/α-hetero) is 2. The summed E-state index contributed by atoms with van der Waals surface area (Å²) in [5.41, 5.74) is -0.323. The molecule has 4 saturated carbocycles. The van der Waals surface area contributed by atoms with Gasteiger partial charge in [0.15, 0.2) is 0 Å². The van der Waals surface area contributed by atoms with Crippen LogP contribution in [0.5, 0.6) is 0 Å². The first-order valence-corrected chi connectivity index (χ1v) is 10.8. The number of halogens is 1. The van der Waals surface area contributed by atoms with Crippen LogP contribution in [0, 0.1) is 34.0 Å². The van der Waals surface area contributed by atoms with E-state index in [0.29, 0.717) is 36.2 Å². The maximum absolute atomic E-state index is 12.6. The molecule has 0 heterocycles. The zero-order chi connectivity index (χ0) is 18.3. The van der Waals surface area contributed by atoms with Gasteiger partial charge in [-0.15, -0.1) is 0 Å². The minimum atomic E-state index is -0.274. The average Bonchev–Trinajstić information content (AvgIpc) is 2.84. The highest BCUT2D eigenvalue weighted by atomic mass is 79.9. The topological polar surface area (TPSA) is 54.4 Å². The molecule has 0 bridgehead atoms. The lowest BCUT2D eigenvalue weighted by Gasteiger charge is -2.69. The molecule has 4 heteroatoms. The summed E-state index contributed by atoms with van der Waals surface area (Å²) in [5.74, 6) is 1.78. The van der Waals surface area contributed by atoms with Crippen LogP contribution >= 0.6 is 15.9 Å². The standard InChI is InChI=1S/C21H31BrO3/c1-13-10-14(24)11-20(22)9-8-18(2)15-4-5-17(25)19(15,3)7-6-16(18)21(13,20)12-23/h13,15-16,23H,4-12H2,1-3H3/t13-,15+,16+,18-,19+,20-,21-/m1/s1. The van der Waals surface area contributed by atoms with Crippen molar-refractivity contribution in [1.29, 1.82) is 0 Å². The van der Waals surface area contributed by atoms with Gasteiger partial charge in [0.05, 0.1) is 6.61 Å². The molecule has 1 N–H and O–H groups in total. The molecular formula is C21H31BrO3. The van der Waals surface area contributed by atoms with E-state index in [-0.39, 0.29) is 33.1 Å². The van der Waals surface area contributed by atoms with Gasteiger partial charge in [-0.2, -0.15) is 0 Å². The molecule has 0 saturated heterocycles. The molecule has 0 spiro atoms. The summed E-state index contributed by atoms with van der Waals surface area (Å²) in [4.78, 5) is 25.0. The van der Waals surface area contributed by atoms with Crippen LogP contribution in [0.3, 0.4) is 0 Å². The lowest BCUT2D eigenvalue weighted by Crippen LogP contribution is -2.68. The van der Waals surface area contributed by atoms with Crippen molar-refractivity contribution in [2.75, 3.05) is 6.61 Å². The molecule has 0 aromatic rings. The number of hydrogen-bond acceptors (Lipinski definition) is 3. The summed E-state index contributed by atoms with van der Waals surface area (Å²) >= 11 is 4.01. The SMILES string of the molecule is C[C@@H]1CC(=O)C[C@]2(Br)CC[C@@]3(C)[C@H](CC[C@]4(C)C(=O)CC[C@@H]34)[C@@]12CO. The largest absolute Gasteiger partial charge is 0.396 e. The van der Waals surface area contributed by atoms with Crippen molar-refractivity contribution in [2.24, 2.45) is 34.0 Å². The number of rotatable bonds is 1. The van der Waals surface area contributed by atoms with E-state index < -0.39 is 0 Å². The zero-order valence-electron chi connectivity index (χ0n) is 15.7. The van der Waals surface area contributed by atoms with Gasteiger partial charge in [-0.05, 0) is 55.3 Å². The van der Waals surface area contributed by atoms with Crippen molar-refractivity contribution >= 4 is 27.5 Å². The fourth-order valence-electron chi connectivity index (χ4n) is 8.02. The first-order chi connectivity index (χ1) is 11.6. The number of fused-ring (bicyclic) bond motifs is 5. The van der Waals surface area contributed by atoms with Crippen molar-refractivity contribution < 1.29 is 14.7 Å². The second-order valence-electron chi connectivity index (χ2n) is 10.0. The van der Waals surface area contributed by atoms with Crippen LogP contribution < -0.4 is 0 Å². The Morgan fingerprint density at radius 1 is 1.12 bits per heavy atom. The van der Waals surface area contributed by atoms with Gasteiger partial charge < -0.3 is 5.11 Å². The fraction of sp³-hybridized carbons (Fsp3) is 0.905. The van der Waals surface area contributed by atoms with Crippen LogP contribution in [0.2, 0.25) is 0 Å². The first-order valence-electron chi connectivity index (χ1n) is 9.99. The van der Waals surface area contributed by atoms with Gasteiger partial charge in [-0.3, -0.25) is 9.59 Å². The zero-order valence-corrected chi connectivity index (χ0v) is 17.3. The highest BCUT2D eigenvalue weighted by molar-refractivity contribution is 9.10. The van der Waals surface area contributed by atoms with Gasteiger partial charge in [0.1, 0.15) is 11.6 Å². The predicted octanol–water partition coefficient (Wildman–Crippen LogP) is 4.29. The number of carbonyl (C=O) groups excluding carboxylic acids is 2. The Kier molecular flexibility index (Phi) is 3.93. The minimum absolute atomic E-state index is 0.0911. The van der Waals surface area contributed by atoms with Gasteiger partial charge in [0, 0.05) is 34.4 Å². The van der Waals surface area contributed by atoms with Gasteiger partial charge in [0.2, 0.25) is 0 Å². The number of carbonyl (C=O) groups is 2. The van der Waals surface area contributed by atoms with E-state index in [2.05, 4.69) is 36.7 Å². The van der Waals surface area contributed by atoms with E-state index in [1.165, 1.54) is 0 Å². The number of aliphatic hydroxyl groups excluding tert-OH is 1. The van der Waals surface area contributed by atoms with Crippen LogP contribution in [0.4, 0.5) is 0 Å². The number of ketones is 2. The van der Waals surface area contributed by atoms with Gasteiger partial charge in [-0.1, -0.05) is 36.7 Å². The average molecular weight is 411 g/mol. The second-order valence-corrected chi connectivity index (χ2v) is 11.5. The summed E-state index contributed by atoms with van der Waals surface area (Å²) in [7, 11) is 0. The molecule has 0 amide bonds. The van der Waals surface area contributed by atoms with Gasteiger partial charge in [-0.25, -0.2) is 0 Å². The third-order valence-corrected chi connectivity index (χ3v) is 10.7. The lowest BCUT2D eigenvalue weighted by molar-refractivity contribution is -0.188. The van der Waals surface area contributed by atoms with Crippen LogP contribution in [0.15, 0.2) is 0 Å². The molecule has 4 fully saturated rings. The molecule has 140 valence electrons. The van der Waals surface area contributed by atoms with Crippen LogP contribution in [-0.2, 0) is 9.59 Å². The molecule has 0 aliphatic heterocycles. The van der Waals surface area contributed by atoms with E-state index >= 15 is 0 Å². The molecule has 25 heavy (non-hydrogen) atoms. The molecule has 0 unspecified atom stereocenters. The molecule has 4 rings (SSSR count). The summed E-state index contributed by atoms with van der Waals surface area (Å²) in [5, 5.41) is 10.7. The predicted molar refractivity (Wildman–Crippen MR) is 100 cm³/mol. The molecule has 0 aromatic carbocycles. The van der Waals surface area contributed by atoms with Crippen molar-refractivity contribution in [3.8, 4) is 0 Å². The van der Waals surface area contributed by atoms with Crippen molar-refractivity contribution in [2.45, 2.75) is 76.5 Å². The normalized spacial score (nSPS) is 55.5. The Labute approximate surface area is 159 Å². The quantitative estimate of drug-likeness (QED) is 0.655. The molecule has 4 aliphatic carbocycles. The smallest absolute Gasteiger partial charge is 0.139 e. The van der Waals surface area contributed by atoms with E-state index in [0.717, 1.165) is 38.5 Å². The molecular weight excluding hydrogens is 380 g/mol. The maximum atomic E-state index is 12.6. The number of aliphatic hydroxyl groups is 1. The molecule has 4 aliphatic rings. The molecule has 0 radical (unpaired) electrons. The Bertz CT molecular complexity index is 633. The van der Waals surface area contributed by atoms with Gasteiger partial charge in [0.25, 0.3) is 0 Å². The van der Waals surface area contributed by atoms with E-state index in [9.17, 15) is 14.7 Å². The molecule has 7 atom stereocenters. The van der Waals surface area contributed by atoms with Crippen LogP contribution in [0.25, 0.3) is 0 Å². The lowest BCUT2D eigenvalue weighted by atomic mass is 9.38. The van der Waals surface area contributed by atoms with Crippen molar-refractivity contribution in [1.82, 2.24) is 0 Å². The van der Waals surface area contributed by atoms with E-state index in [1.54, 1.807) is 0 Å². The van der Waals surface area contributed by atoms with Crippen LogP contribution in [-0.4, -0.2) is 27.6 Å².